The molecule has 3 aliphatic rings. The highest BCUT2D eigenvalue weighted by Crippen LogP contribution is 2.33. The minimum absolute atomic E-state index is 0.000989. The molecule has 0 aromatic heterocycles. The zero-order chi connectivity index (χ0) is 30.4. The number of amides is 5. The number of rotatable bonds is 12. The smallest absolute Gasteiger partial charge is 0.333 e. The second-order valence-corrected chi connectivity index (χ2v) is 10.5. The molecule has 0 radical (unpaired) electrons. The number of nitro benzene ring substituents is 1. The molecule has 2 fully saturated rings. The van der Waals surface area contributed by atoms with E-state index in [1.807, 2.05) is 0 Å². The summed E-state index contributed by atoms with van der Waals surface area (Å²) >= 11 is 0. The van der Waals surface area contributed by atoms with Crippen LogP contribution in [0.5, 0.6) is 5.75 Å². The maximum absolute atomic E-state index is 13.0. The van der Waals surface area contributed by atoms with Crippen molar-refractivity contribution >= 4 is 41.2 Å². The molecule has 5 amide bonds. The van der Waals surface area contributed by atoms with Crippen LogP contribution in [0.3, 0.4) is 0 Å². The monoisotopic (exact) mass is 584 g/mol. The molecule has 1 aromatic rings. The predicted molar refractivity (Wildman–Crippen MR) is 143 cm³/mol. The molecule has 224 valence electrons. The van der Waals surface area contributed by atoms with Gasteiger partial charge in [0, 0.05) is 43.5 Å². The van der Waals surface area contributed by atoms with Crippen molar-refractivity contribution in [2.75, 3.05) is 13.2 Å². The normalized spacial score (nSPS) is 21.1. The SMILES string of the molecule is CC(NC(=O)C1CCC(CN2C(=O)C=CC2=O)CC1)c1cc(OCCCC(=O)ON2C(=O)CCC2=O)ccc1[N+](=O)[O-]. The summed E-state index contributed by atoms with van der Waals surface area (Å²) in [5, 5.41) is 15.0. The van der Waals surface area contributed by atoms with Gasteiger partial charge in [-0.05, 0) is 57.1 Å². The third kappa shape index (κ3) is 7.36. The maximum Gasteiger partial charge on any atom is 0.333 e. The molecular weight excluding hydrogens is 552 g/mol. The zero-order valence-electron chi connectivity index (χ0n) is 23.1. The molecule has 1 unspecified atom stereocenters. The van der Waals surface area contributed by atoms with Gasteiger partial charge >= 0.3 is 5.97 Å². The van der Waals surface area contributed by atoms with Crippen LogP contribution in [0.2, 0.25) is 0 Å². The van der Waals surface area contributed by atoms with Crippen molar-refractivity contribution < 1.29 is 43.3 Å². The summed E-state index contributed by atoms with van der Waals surface area (Å²) in [5.41, 5.74) is 0.0690. The number of hydroxylamine groups is 2. The molecule has 1 saturated heterocycles. The minimum Gasteiger partial charge on any atom is -0.494 e. The van der Waals surface area contributed by atoms with Crippen molar-refractivity contribution in [2.24, 2.45) is 11.8 Å². The molecule has 0 bridgehead atoms. The number of hydrogen-bond acceptors (Lipinski definition) is 10. The van der Waals surface area contributed by atoms with Crippen molar-refractivity contribution in [3.8, 4) is 5.75 Å². The van der Waals surface area contributed by atoms with Gasteiger partial charge in [-0.25, -0.2) is 4.79 Å². The first-order valence-corrected chi connectivity index (χ1v) is 13.8. The quantitative estimate of drug-likeness (QED) is 0.166. The molecule has 1 aliphatic carbocycles. The van der Waals surface area contributed by atoms with Crippen molar-refractivity contribution in [1.29, 1.82) is 0 Å². The van der Waals surface area contributed by atoms with E-state index in [1.54, 1.807) is 6.92 Å². The van der Waals surface area contributed by atoms with E-state index < -0.39 is 28.7 Å². The van der Waals surface area contributed by atoms with E-state index in [-0.39, 0.29) is 73.1 Å². The molecular formula is C28H32N4O10. The van der Waals surface area contributed by atoms with Crippen LogP contribution in [0, 0.1) is 22.0 Å². The van der Waals surface area contributed by atoms with Crippen LogP contribution in [0.4, 0.5) is 5.69 Å². The van der Waals surface area contributed by atoms with Gasteiger partial charge in [-0.15, -0.1) is 5.06 Å². The Hall–Kier alpha value is -4.62. The van der Waals surface area contributed by atoms with Gasteiger partial charge in [0.15, 0.2) is 0 Å². The third-order valence-corrected chi connectivity index (χ3v) is 7.57. The highest BCUT2D eigenvalue weighted by Gasteiger charge is 2.33. The first kappa shape index (κ1) is 30.3. The number of nitrogens with one attached hydrogen (secondary N) is 1. The number of carbonyl (C=O) groups is 6. The first-order valence-electron chi connectivity index (χ1n) is 13.8. The summed E-state index contributed by atoms with van der Waals surface area (Å²) in [4.78, 5) is 88.8. The Morgan fingerprint density at radius 1 is 1.05 bits per heavy atom. The van der Waals surface area contributed by atoms with Gasteiger partial charge in [0.2, 0.25) is 5.91 Å². The lowest BCUT2D eigenvalue weighted by Gasteiger charge is -2.30. The molecule has 14 nitrogen and oxygen atoms in total. The van der Waals surface area contributed by atoms with E-state index in [4.69, 9.17) is 9.57 Å². The van der Waals surface area contributed by atoms with E-state index in [0.717, 1.165) is 0 Å². The van der Waals surface area contributed by atoms with Gasteiger partial charge in [0.1, 0.15) is 5.75 Å². The number of ether oxygens (including phenoxy) is 1. The highest BCUT2D eigenvalue weighted by atomic mass is 16.7. The first-order chi connectivity index (χ1) is 20.0. The standard InChI is InChI=1S/C28H32N4O10/c1-17(29-28(38)19-6-4-18(5-7-19)16-30-23(33)10-11-24(30)34)21-15-20(8-9-22(21)32(39)40)41-14-2-3-27(37)42-31-25(35)12-13-26(31)36/h8-11,15,17-19H,2-7,12-14,16H2,1H3,(H,29,38). The summed E-state index contributed by atoms with van der Waals surface area (Å²) < 4.78 is 5.65. The average molecular weight is 585 g/mol. The van der Waals surface area contributed by atoms with Gasteiger partial charge in [-0.3, -0.25) is 39.0 Å². The Labute approximate surface area is 241 Å². The van der Waals surface area contributed by atoms with Crippen LogP contribution in [-0.4, -0.2) is 63.5 Å². The van der Waals surface area contributed by atoms with E-state index in [1.165, 1.54) is 35.3 Å². The van der Waals surface area contributed by atoms with Crippen LogP contribution in [-0.2, 0) is 33.6 Å². The number of benzene rings is 1. The number of nitro groups is 1. The van der Waals surface area contributed by atoms with Gasteiger partial charge in [-0.2, -0.15) is 0 Å². The van der Waals surface area contributed by atoms with Gasteiger partial charge in [0.05, 0.1) is 29.6 Å². The molecule has 1 atom stereocenters. The Balaban J connectivity index is 1.26. The van der Waals surface area contributed by atoms with Gasteiger partial charge in [0.25, 0.3) is 29.3 Å². The summed E-state index contributed by atoms with van der Waals surface area (Å²) in [6.45, 7) is 2.03. The third-order valence-electron chi connectivity index (χ3n) is 7.57. The lowest BCUT2D eigenvalue weighted by molar-refractivity contribution is -0.385. The number of carbonyl (C=O) groups excluding carboxylic acids is 6. The van der Waals surface area contributed by atoms with Gasteiger partial charge < -0.3 is 14.9 Å². The molecule has 2 heterocycles. The largest absolute Gasteiger partial charge is 0.494 e. The molecule has 14 heteroatoms. The second kappa shape index (κ2) is 13.4. The fourth-order valence-electron chi connectivity index (χ4n) is 5.23. The number of hydrogen-bond donors (Lipinski definition) is 1. The summed E-state index contributed by atoms with van der Waals surface area (Å²) in [6.07, 6.45) is 5.07. The van der Waals surface area contributed by atoms with E-state index in [2.05, 4.69) is 5.32 Å². The molecule has 0 spiro atoms. The fourth-order valence-corrected chi connectivity index (χ4v) is 5.23. The average Bonchev–Trinajstić information content (AvgIpc) is 3.45. The number of imide groups is 2. The molecule has 1 N–H and O–H groups in total. The second-order valence-electron chi connectivity index (χ2n) is 10.5. The van der Waals surface area contributed by atoms with Crippen LogP contribution >= 0.6 is 0 Å². The van der Waals surface area contributed by atoms with Crippen LogP contribution in [0.1, 0.15) is 69.9 Å². The van der Waals surface area contributed by atoms with Crippen molar-refractivity contribution in [2.45, 2.75) is 64.3 Å². The summed E-state index contributed by atoms with van der Waals surface area (Å²) in [6, 6.07) is 3.48. The maximum atomic E-state index is 13.0. The Morgan fingerprint density at radius 3 is 2.31 bits per heavy atom. The zero-order valence-corrected chi connectivity index (χ0v) is 23.1. The molecule has 2 aliphatic heterocycles. The predicted octanol–water partition coefficient (Wildman–Crippen LogP) is 2.27. The van der Waals surface area contributed by atoms with E-state index >= 15 is 0 Å². The van der Waals surface area contributed by atoms with E-state index in [0.29, 0.717) is 43.0 Å². The summed E-state index contributed by atoms with van der Waals surface area (Å²) in [5.74, 6) is -2.65. The van der Waals surface area contributed by atoms with Crippen LogP contribution in [0.25, 0.3) is 0 Å². The topological polar surface area (TPSA) is 183 Å². The van der Waals surface area contributed by atoms with Crippen molar-refractivity contribution in [1.82, 2.24) is 15.3 Å². The van der Waals surface area contributed by atoms with Crippen LogP contribution in [0.15, 0.2) is 30.4 Å². The Bertz CT molecular complexity index is 1280. The Kier molecular flexibility index (Phi) is 9.65. The summed E-state index contributed by atoms with van der Waals surface area (Å²) in [7, 11) is 0. The number of nitrogens with zero attached hydrogens (tertiary/aromatic N) is 3. The Morgan fingerprint density at radius 2 is 1.69 bits per heavy atom. The van der Waals surface area contributed by atoms with Crippen LogP contribution < -0.4 is 10.1 Å². The lowest BCUT2D eigenvalue weighted by Crippen LogP contribution is -2.39. The van der Waals surface area contributed by atoms with Crippen molar-refractivity contribution in [3.05, 3.63) is 46.0 Å². The molecule has 4 rings (SSSR count). The fraction of sp³-hybridized carbons (Fsp3) is 0.500. The molecule has 42 heavy (non-hydrogen) atoms. The molecule has 1 saturated carbocycles. The van der Waals surface area contributed by atoms with Gasteiger partial charge in [-0.1, -0.05) is 0 Å². The molecule has 1 aromatic carbocycles. The van der Waals surface area contributed by atoms with E-state index in [9.17, 15) is 38.9 Å². The lowest BCUT2D eigenvalue weighted by atomic mass is 9.81. The minimum atomic E-state index is -0.757. The highest BCUT2D eigenvalue weighted by molar-refractivity contribution is 6.12. The van der Waals surface area contributed by atoms with Crippen molar-refractivity contribution in [3.63, 3.8) is 0 Å².